The zero-order chi connectivity index (χ0) is 17.0. The number of piperidine rings is 1. The molecule has 0 radical (unpaired) electrons. The summed E-state index contributed by atoms with van der Waals surface area (Å²) in [5.41, 5.74) is 0. The molecule has 1 saturated heterocycles. The molecule has 0 bridgehead atoms. The van der Waals surface area contributed by atoms with Gasteiger partial charge in [0.2, 0.25) is 5.91 Å². The average Bonchev–Trinajstić information content (AvgIpc) is 2.51. The van der Waals surface area contributed by atoms with Gasteiger partial charge >= 0.3 is 12.1 Å². The smallest absolute Gasteiger partial charge is 0.392 e. The molecule has 0 aromatic heterocycles. The van der Waals surface area contributed by atoms with Crippen LogP contribution in [0.15, 0.2) is 0 Å². The number of halogens is 3. The minimum atomic E-state index is -4.32. The zero-order valence-corrected chi connectivity index (χ0v) is 13.1. The number of hydrogen-bond donors (Lipinski definition) is 1. The molecule has 2 aliphatic rings. The lowest BCUT2D eigenvalue weighted by molar-refractivity contribution is -0.201. The maximum Gasteiger partial charge on any atom is 0.392 e. The van der Waals surface area contributed by atoms with Crippen LogP contribution in [0.25, 0.3) is 0 Å². The molecule has 0 aromatic rings. The molecule has 132 valence electrons. The normalized spacial score (nSPS) is 29.3. The van der Waals surface area contributed by atoms with Gasteiger partial charge in [-0.25, -0.2) is 0 Å². The van der Waals surface area contributed by atoms with Gasteiger partial charge in [-0.1, -0.05) is 12.8 Å². The number of nitrogens with zero attached hydrogens (tertiary/aromatic N) is 1. The maximum absolute atomic E-state index is 13.2. The summed E-state index contributed by atoms with van der Waals surface area (Å²) in [6, 6.07) is 0. The topological polar surface area (TPSA) is 57.6 Å². The Bertz CT molecular complexity index is 439. The van der Waals surface area contributed by atoms with Crippen molar-refractivity contribution in [3.05, 3.63) is 0 Å². The predicted molar refractivity (Wildman–Crippen MR) is 77.7 cm³/mol. The summed E-state index contributed by atoms with van der Waals surface area (Å²) in [4.78, 5) is 24.8. The first-order chi connectivity index (χ1) is 10.8. The number of alkyl halides is 3. The molecule has 1 aliphatic heterocycles. The first-order valence-corrected chi connectivity index (χ1v) is 8.36. The van der Waals surface area contributed by atoms with Crippen molar-refractivity contribution in [3.63, 3.8) is 0 Å². The molecule has 1 saturated carbocycles. The van der Waals surface area contributed by atoms with E-state index in [1.54, 1.807) is 4.90 Å². The van der Waals surface area contributed by atoms with E-state index in [0.717, 1.165) is 12.8 Å². The van der Waals surface area contributed by atoms with Gasteiger partial charge in [0.1, 0.15) is 0 Å². The van der Waals surface area contributed by atoms with Crippen LogP contribution in [0, 0.1) is 17.8 Å². The number of hydrogen-bond acceptors (Lipinski definition) is 2. The van der Waals surface area contributed by atoms with Gasteiger partial charge in [0.15, 0.2) is 0 Å². The number of carboxylic acid groups (broad SMARTS) is 1. The first-order valence-electron chi connectivity index (χ1n) is 8.36. The van der Waals surface area contributed by atoms with Crippen LogP contribution >= 0.6 is 0 Å². The highest BCUT2D eigenvalue weighted by atomic mass is 19.4. The Labute approximate surface area is 134 Å². The van der Waals surface area contributed by atoms with Gasteiger partial charge in [-0.2, -0.15) is 13.2 Å². The largest absolute Gasteiger partial charge is 0.481 e. The quantitative estimate of drug-likeness (QED) is 0.856. The molecule has 1 aliphatic carbocycles. The van der Waals surface area contributed by atoms with Crippen LogP contribution in [-0.2, 0) is 9.59 Å². The molecular formula is C16H24F3NO3. The van der Waals surface area contributed by atoms with Gasteiger partial charge in [0.25, 0.3) is 0 Å². The highest BCUT2D eigenvalue weighted by Gasteiger charge is 2.49. The van der Waals surface area contributed by atoms with E-state index < -0.39 is 24.0 Å². The second-order valence-electron chi connectivity index (χ2n) is 6.76. The third-order valence-corrected chi connectivity index (χ3v) is 5.10. The molecule has 0 aromatic carbocycles. The summed E-state index contributed by atoms with van der Waals surface area (Å²) in [5.74, 6) is -3.66. The second kappa shape index (κ2) is 7.53. The fourth-order valence-electron chi connectivity index (χ4n) is 3.88. The molecule has 1 amide bonds. The Morgan fingerprint density at radius 3 is 2.43 bits per heavy atom. The summed E-state index contributed by atoms with van der Waals surface area (Å²) in [7, 11) is 0. The van der Waals surface area contributed by atoms with E-state index in [1.807, 2.05) is 0 Å². The van der Waals surface area contributed by atoms with E-state index in [0.29, 0.717) is 38.8 Å². The first kappa shape index (κ1) is 18.1. The van der Waals surface area contributed by atoms with Crippen molar-refractivity contribution in [2.24, 2.45) is 17.8 Å². The Morgan fingerprint density at radius 2 is 1.78 bits per heavy atom. The van der Waals surface area contributed by atoms with Gasteiger partial charge in [0, 0.05) is 25.4 Å². The van der Waals surface area contributed by atoms with Crippen molar-refractivity contribution in [2.45, 2.75) is 57.5 Å². The van der Waals surface area contributed by atoms with Gasteiger partial charge in [-0.15, -0.1) is 0 Å². The summed E-state index contributed by atoms with van der Waals surface area (Å²) >= 11 is 0. The van der Waals surface area contributed by atoms with Gasteiger partial charge in [-0.3, -0.25) is 9.59 Å². The number of carbonyl (C=O) groups excluding carboxylic acids is 1. The minimum absolute atomic E-state index is 0.0379. The number of carbonyl (C=O) groups is 2. The molecule has 0 spiro atoms. The lowest BCUT2D eigenvalue weighted by atomic mass is 9.77. The molecule has 3 atom stereocenters. The van der Waals surface area contributed by atoms with Crippen molar-refractivity contribution in [1.29, 1.82) is 0 Å². The fraction of sp³-hybridized carbons (Fsp3) is 0.875. The van der Waals surface area contributed by atoms with Crippen LogP contribution in [0.4, 0.5) is 13.2 Å². The number of rotatable bonds is 4. The van der Waals surface area contributed by atoms with Crippen LogP contribution in [0.2, 0.25) is 0 Å². The summed E-state index contributed by atoms with van der Waals surface area (Å²) in [6.07, 6.45) is -0.694. The summed E-state index contributed by atoms with van der Waals surface area (Å²) < 4.78 is 39.5. The van der Waals surface area contributed by atoms with Crippen molar-refractivity contribution >= 4 is 11.9 Å². The van der Waals surface area contributed by atoms with Gasteiger partial charge in [0.05, 0.1) is 5.92 Å². The molecular weight excluding hydrogens is 311 g/mol. The second-order valence-corrected chi connectivity index (χ2v) is 6.76. The van der Waals surface area contributed by atoms with E-state index in [-0.39, 0.29) is 24.7 Å². The van der Waals surface area contributed by atoms with E-state index in [4.69, 9.17) is 5.11 Å². The van der Waals surface area contributed by atoms with E-state index in [1.165, 1.54) is 0 Å². The molecule has 2 fully saturated rings. The van der Waals surface area contributed by atoms with Crippen molar-refractivity contribution in [2.75, 3.05) is 13.1 Å². The van der Waals surface area contributed by atoms with Crippen LogP contribution in [0.5, 0.6) is 0 Å². The van der Waals surface area contributed by atoms with Crippen molar-refractivity contribution in [3.8, 4) is 0 Å². The molecule has 4 nitrogen and oxygen atoms in total. The van der Waals surface area contributed by atoms with E-state index in [9.17, 15) is 22.8 Å². The van der Waals surface area contributed by atoms with E-state index >= 15 is 0 Å². The Kier molecular flexibility index (Phi) is 5.92. The van der Waals surface area contributed by atoms with Gasteiger partial charge < -0.3 is 10.0 Å². The minimum Gasteiger partial charge on any atom is -0.481 e. The number of amides is 1. The molecule has 23 heavy (non-hydrogen) atoms. The Hall–Kier alpha value is -1.27. The van der Waals surface area contributed by atoms with Crippen LogP contribution < -0.4 is 0 Å². The van der Waals surface area contributed by atoms with Crippen molar-refractivity contribution < 1.29 is 27.9 Å². The lowest BCUT2D eigenvalue weighted by Crippen LogP contribution is -2.48. The third-order valence-electron chi connectivity index (χ3n) is 5.10. The zero-order valence-electron chi connectivity index (χ0n) is 13.1. The number of likely N-dealkylation sites (tertiary alicyclic amines) is 1. The summed E-state index contributed by atoms with van der Waals surface area (Å²) in [6.45, 7) is 0.886. The number of carboxylic acids is 1. The summed E-state index contributed by atoms with van der Waals surface area (Å²) in [5, 5.41) is 8.74. The maximum atomic E-state index is 13.2. The van der Waals surface area contributed by atoms with Crippen LogP contribution in [-0.4, -0.2) is 41.1 Å². The van der Waals surface area contributed by atoms with Crippen molar-refractivity contribution in [1.82, 2.24) is 4.90 Å². The van der Waals surface area contributed by atoms with Crippen LogP contribution in [0.1, 0.15) is 51.4 Å². The SMILES string of the molecule is O=C(O)CCC1CCCN(C(=O)C2CCCCC2C(F)(F)F)C1. The molecule has 1 heterocycles. The number of aliphatic carboxylic acids is 1. The van der Waals surface area contributed by atoms with Crippen LogP contribution in [0.3, 0.4) is 0 Å². The fourth-order valence-corrected chi connectivity index (χ4v) is 3.88. The average molecular weight is 335 g/mol. The molecule has 2 rings (SSSR count). The highest BCUT2D eigenvalue weighted by Crippen LogP contribution is 2.42. The third kappa shape index (κ3) is 4.85. The van der Waals surface area contributed by atoms with E-state index in [2.05, 4.69) is 0 Å². The molecule has 3 unspecified atom stereocenters. The Balaban J connectivity index is 1.98. The molecule has 7 heteroatoms. The monoisotopic (exact) mass is 335 g/mol. The molecule has 1 N–H and O–H groups in total. The standard InChI is InChI=1S/C16H24F3NO3/c17-16(18,19)13-6-2-1-5-12(13)15(23)20-9-3-4-11(10-20)7-8-14(21)22/h11-13H,1-10H2,(H,21,22). The Morgan fingerprint density at radius 1 is 1.09 bits per heavy atom. The highest BCUT2D eigenvalue weighted by molar-refractivity contribution is 5.79. The van der Waals surface area contributed by atoms with Gasteiger partial charge in [-0.05, 0) is 38.0 Å². The lowest BCUT2D eigenvalue weighted by Gasteiger charge is -2.39. The predicted octanol–water partition coefficient (Wildman–Crippen LogP) is 3.46.